The molecule has 1 saturated carbocycles. The van der Waals surface area contributed by atoms with Crippen LogP contribution in [0, 0.1) is 31.0 Å². The summed E-state index contributed by atoms with van der Waals surface area (Å²) in [7, 11) is 0. The summed E-state index contributed by atoms with van der Waals surface area (Å²) in [6, 6.07) is 1.74. The molecule has 2 amide bonds. The second-order valence-electron chi connectivity index (χ2n) is 18.1. The van der Waals surface area contributed by atoms with Crippen molar-refractivity contribution in [2.24, 2.45) is 11.3 Å². The number of piperidine rings is 3. The number of aryl methyl sites for hydroxylation is 1. The highest BCUT2D eigenvalue weighted by Gasteiger charge is 2.54. The number of nitrogens with one attached hydrogen (secondary N) is 3. The van der Waals surface area contributed by atoms with Gasteiger partial charge in [0.2, 0.25) is 11.8 Å². The van der Waals surface area contributed by atoms with Gasteiger partial charge in [0.15, 0.2) is 12.2 Å². The van der Waals surface area contributed by atoms with Crippen molar-refractivity contribution >= 4 is 11.8 Å². The maximum Gasteiger partial charge on any atom is 0.223 e. The molecule has 4 fully saturated rings. The summed E-state index contributed by atoms with van der Waals surface area (Å²) in [5.41, 5.74) is 3.08. The molecular formula is C45H70FN7O5. The van der Waals surface area contributed by atoms with Gasteiger partial charge < -0.3 is 24.5 Å². The predicted molar refractivity (Wildman–Crippen MR) is 221 cm³/mol. The minimum Gasteiger partial charge on any atom is -0.485 e. The van der Waals surface area contributed by atoms with E-state index < -0.39 is 6.10 Å². The molecule has 7 rings (SSSR count). The number of carbonyl (C=O) groups excluding carboxylic acids is 2. The first-order chi connectivity index (χ1) is 28.1. The predicted octanol–water partition coefficient (Wildman–Crippen LogP) is 5.70. The highest BCUT2D eigenvalue weighted by Crippen LogP contribution is 2.49. The topological polar surface area (TPSA) is 135 Å². The second kappa shape index (κ2) is 20.0. The van der Waals surface area contributed by atoms with Gasteiger partial charge in [-0.2, -0.15) is 0 Å². The fraction of sp³-hybridized carbons (Fsp3) is 0.756. The van der Waals surface area contributed by atoms with E-state index in [4.69, 9.17) is 9.15 Å². The lowest BCUT2D eigenvalue weighted by Crippen LogP contribution is -2.71. The van der Waals surface area contributed by atoms with Crippen molar-refractivity contribution in [1.82, 2.24) is 35.6 Å². The Hall–Kier alpha value is -3.10. The molecule has 322 valence electrons. The van der Waals surface area contributed by atoms with Gasteiger partial charge in [-0.1, -0.05) is 51.4 Å². The fourth-order valence-electron chi connectivity index (χ4n) is 10.9. The largest absolute Gasteiger partial charge is 0.485 e. The number of rotatable bonds is 11. The third kappa shape index (κ3) is 10.3. The summed E-state index contributed by atoms with van der Waals surface area (Å²) < 4.78 is 27.0. The zero-order valence-corrected chi connectivity index (χ0v) is 35.5. The minimum atomic E-state index is -0.789. The molecule has 3 saturated heterocycles. The maximum atomic E-state index is 15.6. The molecule has 1 aliphatic carbocycles. The number of amides is 2. The van der Waals surface area contributed by atoms with Gasteiger partial charge in [-0.05, 0) is 89.4 Å². The molecule has 5 heterocycles. The van der Waals surface area contributed by atoms with Gasteiger partial charge in [-0.3, -0.25) is 30.0 Å². The molecule has 1 aromatic heterocycles. The first-order valence-corrected chi connectivity index (χ1v) is 22.6. The molecule has 3 unspecified atom stereocenters. The lowest BCUT2D eigenvalue weighted by Gasteiger charge is -2.57. The number of aliphatic hydroxyl groups is 1. The molecule has 58 heavy (non-hydrogen) atoms. The average Bonchev–Trinajstić information content (AvgIpc) is 3.65. The molecular weight excluding hydrogens is 738 g/mol. The monoisotopic (exact) mass is 808 g/mol. The van der Waals surface area contributed by atoms with Crippen LogP contribution in [0.1, 0.15) is 131 Å². The lowest BCUT2D eigenvalue weighted by molar-refractivity contribution is -0.143. The van der Waals surface area contributed by atoms with Crippen LogP contribution in [0.25, 0.3) is 0 Å². The Morgan fingerprint density at radius 1 is 1.00 bits per heavy atom. The third-order valence-corrected chi connectivity index (χ3v) is 14.3. The van der Waals surface area contributed by atoms with Crippen molar-refractivity contribution in [2.75, 3.05) is 45.8 Å². The van der Waals surface area contributed by atoms with Gasteiger partial charge in [0.25, 0.3) is 0 Å². The first-order valence-electron chi connectivity index (χ1n) is 22.6. The number of hydrogen-bond acceptors (Lipinski definition) is 10. The molecule has 4 aliphatic heterocycles. The normalized spacial score (nSPS) is 25.9. The number of aliphatic hydroxyl groups excluding tert-OH is 1. The molecule has 0 bridgehead atoms. The molecule has 4 N–H and O–H groups in total. The summed E-state index contributed by atoms with van der Waals surface area (Å²) in [5, 5.41) is 22.8. The average molecular weight is 808 g/mol. The zero-order chi connectivity index (χ0) is 40.6. The standard InChI is InChI=1S/C45H70FN7O5/c1-31-36-16-21-51(28-37(36)39(46)25-40(31)57-29-41-32(2)48-30-58-41)27-35(55)26-47-43(56)38-24-42(49-34-14-22-52(23-15-34)33(3)54)50-44(53-19-12-9-13-20-53)45(38)17-10-7-5-4-6-8-11-18-45/h25,30,34-35,38,42,44,49-50,55H,4-24,26-29H2,1-3H3,(H,47,56)/t35-,38?,42?,44?/m1/s1. The van der Waals surface area contributed by atoms with E-state index in [1.165, 1.54) is 63.8 Å². The molecule has 12 nitrogen and oxygen atoms in total. The summed E-state index contributed by atoms with van der Waals surface area (Å²) >= 11 is 0. The van der Waals surface area contributed by atoms with E-state index in [1.54, 1.807) is 6.92 Å². The summed E-state index contributed by atoms with van der Waals surface area (Å²) in [4.78, 5) is 37.7. The van der Waals surface area contributed by atoms with Crippen LogP contribution < -0.4 is 20.7 Å². The minimum absolute atomic E-state index is 0.0218. The number of nitrogens with zero attached hydrogens (tertiary/aromatic N) is 4. The van der Waals surface area contributed by atoms with Gasteiger partial charge in [0, 0.05) is 75.2 Å². The first kappa shape index (κ1) is 43.0. The Bertz CT molecular complexity index is 1660. The number of benzene rings is 1. The van der Waals surface area contributed by atoms with Crippen molar-refractivity contribution in [3.63, 3.8) is 0 Å². The van der Waals surface area contributed by atoms with Crippen LogP contribution in [0.2, 0.25) is 0 Å². The molecule has 4 atom stereocenters. The zero-order valence-electron chi connectivity index (χ0n) is 35.5. The number of fused-ring (bicyclic) bond motifs is 1. The van der Waals surface area contributed by atoms with Crippen LogP contribution in [-0.2, 0) is 29.2 Å². The van der Waals surface area contributed by atoms with E-state index in [0.717, 1.165) is 81.5 Å². The van der Waals surface area contributed by atoms with E-state index in [9.17, 15) is 14.7 Å². The molecule has 2 aromatic rings. The van der Waals surface area contributed by atoms with Crippen molar-refractivity contribution in [2.45, 2.75) is 161 Å². The van der Waals surface area contributed by atoms with E-state index >= 15 is 4.39 Å². The second-order valence-corrected chi connectivity index (χ2v) is 18.1. The van der Waals surface area contributed by atoms with E-state index in [0.29, 0.717) is 49.5 Å². The number of halogens is 1. The van der Waals surface area contributed by atoms with Crippen LogP contribution >= 0.6 is 0 Å². The van der Waals surface area contributed by atoms with Crippen molar-refractivity contribution in [3.8, 4) is 5.75 Å². The van der Waals surface area contributed by atoms with Gasteiger partial charge in [-0.15, -0.1) is 0 Å². The Kier molecular flexibility index (Phi) is 14.8. The van der Waals surface area contributed by atoms with Gasteiger partial charge >= 0.3 is 0 Å². The summed E-state index contributed by atoms with van der Waals surface area (Å²) in [5.74, 6) is 0.806. The van der Waals surface area contributed by atoms with E-state index in [-0.39, 0.29) is 60.5 Å². The van der Waals surface area contributed by atoms with Crippen LogP contribution in [0.4, 0.5) is 4.39 Å². The Labute approximate surface area is 345 Å². The number of oxazole rings is 1. The van der Waals surface area contributed by atoms with Crippen molar-refractivity contribution in [1.29, 1.82) is 0 Å². The van der Waals surface area contributed by atoms with Crippen molar-refractivity contribution in [3.05, 3.63) is 46.4 Å². The number of ether oxygens (including phenoxy) is 1. The van der Waals surface area contributed by atoms with Crippen LogP contribution in [0.5, 0.6) is 5.75 Å². The molecule has 1 aromatic carbocycles. The number of hydrogen-bond donors (Lipinski definition) is 4. The van der Waals surface area contributed by atoms with Gasteiger partial charge in [0.05, 0.1) is 24.1 Å². The summed E-state index contributed by atoms with van der Waals surface area (Å²) in [6.07, 6.45) is 18.0. The Morgan fingerprint density at radius 3 is 2.36 bits per heavy atom. The fourth-order valence-corrected chi connectivity index (χ4v) is 10.9. The van der Waals surface area contributed by atoms with Gasteiger partial charge in [0.1, 0.15) is 18.2 Å². The number of β-amino-alcohol motifs (C(OH)–C–C–N with tert-alkyl or cyclic N) is 1. The molecule has 1 spiro atoms. The van der Waals surface area contributed by atoms with Gasteiger partial charge in [-0.25, -0.2) is 9.37 Å². The van der Waals surface area contributed by atoms with E-state index in [2.05, 4.69) is 30.7 Å². The highest BCUT2D eigenvalue weighted by atomic mass is 19.1. The third-order valence-electron chi connectivity index (χ3n) is 14.3. The number of aromatic nitrogens is 1. The molecule has 13 heteroatoms. The highest BCUT2D eigenvalue weighted by molar-refractivity contribution is 5.80. The SMILES string of the molecule is CC(=O)N1CCC(NC2CC(C(=O)NC[C@@H](O)CN3CCc4c(C)c(OCc5ocnc5C)cc(F)c4C3)C3(CCCCCCCCC3)C(N3CCCCC3)N2)CC1. The van der Waals surface area contributed by atoms with Crippen LogP contribution in [0.3, 0.4) is 0 Å². The number of likely N-dealkylation sites (tertiary alicyclic amines) is 2. The van der Waals surface area contributed by atoms with Crippen LogP contribution in [0.15, 0.2) is 16.9 Å². The smallest absolute Gasteiger partial charge is 0.223 e. The molecule has 5 aliphatic rings. The van der Waals surface area contributed by atoms with Crippen LogP contribution in [-0.4, -0.2) is 107 Å². The Balaban J connectivity index is 1.03. The Morgan fingerprint density at radius 2 is 1.69 bits per heavy atom. The summed E-state index contributed by atoms with van der Waals surface area (Å²) in [6.45, 7) is 10.9. The van der Waals surface area contributed by atoms with E-state index in [1.807, 2.05) is 18.7 Å². The quantitative estimate of drug-likeness (QED) is 0.224. The lowest BCUT2D eigenvalue weighted by atomic mass is 9.61. The molecule has 0 radical (unpaired) electrons. The number of carbonyl (C=O) groups is 2. The maximum absolute atomic E-state index is 15.6. The van der Waals surface area contributed by atoms with Crippen molar-refractivity contribution < 1.29 is 28.2 Å².